The molecule has 0 saturated carbocycles. The van der Waals surface area contributed by atoms with E-state index in [1.807, 2.05) is 38.4 Å². The number of amides is 2. The van der Waals surface area contributed by atoms with Gasteiger partial charge in [-0.05, 0) is 49.4 Å². The first-order chi connectivity index (χ1) is 16.4. The Morgan fingerprint density at radius 2 is 1.85 bits per heavy atom. The van der Waals surface area contributed by atoms with Gasteiger partial charge < -0.3 is 9.47 Å². The Bertz CT molecular complexity index is 1360. The molecule has 0 radical (unpaired) electrons. The molecule has 2 aromatic heterocycles. The molecule has 174 valence electrons. The van der Waals surface area contributed by atoms with E-state index >= 15 is 0 Å². The second kappa shape index (κ2) is 8.62. The summed E-state index contributed by atoms with van der Waals surface area (Å²) in [5.41, 5.74) is 3.44. The number of aromatic nitrogens is 3. The molecule has 0 N–H and O–H groups in total. The summed E-state index contributed by atoms with van der Waals surface area (Å²) in [5, 5.41) is 5.29. The van der Waals surface area contributed by atoms with Crippen LogP contribution >= 0.6 is 0 Å². The summed E-state index contributed by atoms with van der Waals surface area (Å²) in [6, 6.07) is 13.0. The number of ether oxygens (including phenoxy) is 2. The maximum absolute atomic E-state index is 13.8. The molecular formula is C24H21F2N5O3. The Kier molecular flexibility index (Phi) is 5.48. The van der Waals surface area contributed by atoms with Crippen LogP contribution in [0.15, 0.2) is 60.9 Å². The highest BCUT2D eigenvalue weighted by Gasteiger charge is 2.33. The Labute approximate surface area is 193 Å². The van der Waals surface area contributed by atoms with Crippen molar-refractivity contribution < 1.29 is 23.0 Å². The Morgan fingerprint density at radius 3 is 2.59 bits per heavy atom. The van der Waals surface area contributed by atoms with Crippen molar-refractivity contribution in [2.75, 3.05) is 16.4 Å². The van der Waals surface area contributed by atoms with Crippen LogP contribution in [0.25, 0.3) is 10.9 Å². The lowest BCUT2D eigenvalue weighted by atomic mass is 10.1. The Hall–Kier alpha value is -4.21. The number of nitrogens with zero attached hydrogens (tertiary/aromatic N) is 5. The van der Waals surface area contributed by atoms with Gasteiger partial charge in [0.2, 0.25) is 5.88 Å². The highest BCUT2D eigenvalue weighted by atomic mass is 19.3. The number of urea groups is 1. The molecule has 1 aliphatic rings. The number of anilines is 3. The topological polar surface area (TPSA) is 72.7 Å². The summed E-state index contributed by atoms with van der Waals surface area (Å²) < 4.78 is 36.9. The van der Waals surface area contributed by atoms with Crippen molar-refractivity contribution in [1.29, 1.82) is 0 Å². The molecule has 1 aliphatic heterocycles. The van der Waals surface area contributed by atoms with Gasteiger partial charge in [0.1, 0.15) is 5.75 Å². The first kappa shape index (κ1) is 21.6. The molecule has 8 nitrogen and oxygen atoms in total. The van der Waals surface area contributed by atoms with Crippen LogP contribution in [0.1, 0.15) is 12.5 Å². The largest absolute Gasteiger partial charge is 0.478 e. The van der Waals surface area contributed by atoms with Gasteiger partial charge in [0.25, 0.3) is 0 Å². The van der Waals surface area contributed by atoms with E-state index in [2.05, 4.69) is 14.8 Å². The minimum Gasteiger partial charge on any atom is -0.478 e. The van der Waals surface area contributed by atoms with Gasteiger partial charge in [-0.2, -0.15) is 13.9 Å². The molecule has 0 unspecified atom stereocenters. The number of benzene rings is 2. The van der Waals surface area contributed by atoms with E-state index in [4.69, 9.17) is 4.74 Å². The maximum atomic E-state index is 13.8. The average molecular weight is 465 g/mol. The molecule has 10 heteroatoms. The third kappa shape index (κ3) is 3.98. The summed E-state index contributed by atoms with van der Waals surface area (Å²) in [5.74, 6) is 0.397. The van der Waals surface area contributed by atoms with E-state index in [0.29, 0.717) is 36.1 Å². The van der Waals surface area contributed by atoms with Crippen LogP contribution in [-0.4, -0.2) is 34.0 Å². The molecule has 0 bridgehead atoms. The molecule has 4 aromatic rings. The molecule has 0 atom stereocenters. The zero-order valence-electron chi connectivity index (χ0n) is 18.5. The second-order valence-electron chi connectivity index (χ2n) is 7.71. The number of alkyl halides is 2. The molecule has 0 aliphatic carbocycles. The van der Waals surface area contributed by atoms with Crippen molar-refractivity contribution in [2.45, 2.75) is 20.1 Å². The van der Waals surface area contributed by atoms with Crippen LogP contribution in [0.3, 0.4) is 0 Å². The SMILES string of the molecule is CCOc1cc2c(cn1)CN(c1ccc3nn(C)cc3c1)C(=O)N2c1ccc(OC(F)F)cc1. The summed E-state index contributed by atoms with van der Waals surface area (Å²) in [6.07, 6.45) is 3.57. The van der Waals surface area contributed by atoms with E-state index in [9.17, 15) is 13.6 Å². The minimum atomic E-state index is -2.93. The molecule has 0 spiro atoms. The quantitative estimate of drug-likeness (QED) is 0.389. The summed E-state index contributed by atoms with van der Waals surface area (Å²) >= 11 is 0. The fourth-order valence-corrected chi connectivity index (χ4v) is 4.01. The van der Waals surface area contributed by atoms with Crippen molar-refractivity contribution in [3.05, 3.63) is 66.5 Å². The molecule has 34 heavy (non-hydrogen) atoms. The fourth-order valence-electron chi connectivity index (χ4n) is 4.01. The standard InChI is InChI=1S/C24H21F2N5O3/c1-3-33-22-11-21-16(12-27-22)14-30(18-6-9-20-15(10-18)13-29(2)28-20)24(32)31(21)17-4-7-19(8-5-17)34-23(25)26/h4-13,23H,3,14H2,1-2H3. The van der Waals surface area contributed by atoms with Crippen LogP contribution in [0.4, 0.5) is 30.6 Å². The van der Waals surface area contributed by atoms with Gasteiger partial charge in [-0.1, -0.05) is 0 Å². The first-order valence-corrected chi connectivity index (χ1v) is 10.6. The molecule has 0 fully saturated rings. The number of hydrogen-bond donors (Lipinski definition) is 0. The predicted octanol–water partition coefficient (Wildman–Crippen LogP) is 5.25. The number of aryl methyl sites for hydroxylation is 1. The predicted molar refractivity (Wildman–Crippen MR) is 123 cm³/mol. The van der Waals surface area contributed by atoms with Crippen LogP contribution < -0.4 is 19.3 Å². The zero-order chi connectivity index (χ0) is 23.8. The van der Waals surface area contributed by atoms with E-state index in [1.54, 1.807) is 34.0 Å². The Balaban J connectivity index is 1.58. The zero-order valence-corrected chi connectivity index (χ0v) is 18.5. The van der Waals surface area contributed by atoms with Crippen LogP contribution in [-0.2, 0) is 13.6 Å². The number of rotatable bonds is 6. The van der Waals surface area contributed by atoms with Crippen molar-refractivity contribution in [2.24, 2.45) is 7.05 Å². The minimum absolute atomic E-state index is 0.00653. The fraction of sp³-hybridized carbons (Fsp3) is 0.208. The lowest BCUT2D eigenvalue weighted by molar-refractivity contribution is -0.0498. The van der Waals surface area contributed by atoms with E-state index in [0.717, 1.165) is 16.5 Å². The van der Waals surface area contributed by atoms with E-state index in [-0.39, 0.29) is 11.8 Å². The highest BCUT2D eigenvalue weighted by molar-refractivity contribution is 6.11. The lowest BCUT2D eigenvalue weighted by Crippen LogP contribution is -2.45. The van der Waals surface area contributed by atoms with Crippen LogP contribution in [0, 0.1) is 0 Å². The third-order valence-corrected chi connectivity index (χ3v) is 5.45. The molecular weight excluding hydrogens is 444 g/mol. The second-order valence-corrected chi connectivity index (χ2v) is 7.71. The van der Waals surface area contributed by atoms with Gasteiger partial charge in [0.15, 0.2) is 0 Å². The highest BCUT2D eigenvalue weighted by Crippen LogP contribution is 2.39. The number of carbonyl (C=O) groups excluding carboxylic acids is 1. The number of hydrogen-bond acceptors (Lipinski definition) is 5. The molecule has 5 rings (SSSR count). The van der Waals surface area contributed by atoms with Crippen LogP contribution in [0.5, 0.6) is 11.6 Å². The van der Waals surface area contributed by atoms with Gasteiger partial charge in [-0.25, -0.2) is 9.78 Å². The van der Waals surface area contributed by atoms with Crippen LogP contribution in [0.2, 0.25) is 0 Å². The molecule has 0 saturated heterocycles. The number of fused-ring (bicyclic) bond motifs is 2. The maximum Gasteiger partial charge on any atom is 0.387 e. The average Bonchev–Trinajstić information content (AvgIpc) is 3.18. The normalized spacial score (nSPS) is 13.5. The number of carbonyl (C=O) groups is 1. The van der Waals surface area contributed by atoms with Gasteiger partial charge in [-0.15, -0.1) is 0 Å². The van der Waals surface area contributed by atoms with Crippen molar-refractivity contribution >= 4 is 34.0 Å². The molecule has 2 amide bonds. The van der Waals surface area contributed by atoms with E-state index in [1.165, 1.54) is 17.0 Å². The monoisotopic (exact) mass is 465 g/mol. The summed E-state index contributed by atoms with van der Waals surface area (Å²) in [6.45, 7) is -0.345. The van der Waals surface area contributed by atoms with Gasteiger partial charge in [0, 0.05) is 42.1 Å². The first-order valence-electron chi connectivity index (χ1n) is 10.6. The number of pyridine rings is 1. The molecule has 2 aromatic carbocycles. The van der Waals surface area contributed by atoms with Gasteiger partial charge >= 0.3 is 12.6 Å². The number of halogens is 2. The van der Waals surface area contributed by atoms with Crippen molar-refractivity contribution in [3.63, 3.8) is 0 Å². The van der Waals surface area contributed by atoms with E-state index < -0.39 is 6.61 Å². The lowest BCUT2D eigenvalue weighted by Gasteiger charge is -2.37. The summed E-state index contributed by atoms with van der Waals surface area (Å²) in [7, 11) is 1.84. The van der Waals surface area contributed by atoms with Gasteiger partial charge in [0.05, 0.1) is 30.0 Å². The Morgan fingerprint density at radius 1 is 1.09 bits per heavy atom. The van der Waals surface area contributed by atoms with Crippen molar-refractivity contribution in [1.82, 2.24) is 14.8 Å². The van der Waals surface area contributed by atoms with Crippen molar-refractivity contribution in [3.8, 4) is 11.6 Å². The summed E-state index contributed by atoms with van der Waals surface area (Å²) in [4.78, 5) is 21.3. The van der Waals surface area contributed by atoms with Gasteiger partial charge in [-0.3, -0.25) is 14.5 Å². The molecule has 3 heterocycles. The third-order valence-electron chi connectivity index (χ3n) is 5.45. The smallest absolute Gasteiger partial charge is 0.387 e.